The van der Waals surface area contributed by atoms with Gasteiger partial charge in [-0.2, -0.15) is 0 Å². The standard InChI is InChI=1S/C24H50PS/c1-3-5-7-9-11-13-15-17-19-21-23-25(26)24-22-20-18-16-14-12-10-8-6-4-2/h3-24H2,1-2H3/q+1. The molecule has 0 saturated heterocycles. The predicted octanol–water partition coefficient (Wildman–Crippen LogP) is 9.77. The first-order valence-corrected chi connectivity index (χ1v) is 15.0. The molecule has 0 unspecified atom stereocenters. The maximum Gasteiger partial charge on any atom is 0.175 e. The van der Waals surface area contributed by atoms with Gasteiger partial charge in [-0.1, -0.05) is 117 Å². The second kappa shape index (κ2) is 23.6. The minimum absolute atomic E-state index is 0.0663. The quantitative estimate of drug-likeness (QED) is 0.128. The van der Waals surface area contributed by atoms with Gasteiger partial charge in [-0.3, -0.25) is 0 Å². The summed E-state index contributed by atoms with van der Waals surface area (Å²) in [5, 5.41) is 0. The molecule has 0 heterocycles. The van der Waals surface area contributed by atoms with E-state index in [-0.39, 0.29) is 6.70 Å². The van der Waals surface area contributed by atoms with Crippen molar-refractivity contribution in [2.24, 2.45) is 0 Å². The molecule has 156 valence electrons. The SMILES string of the molecule is CCCCCCCCCCCC[P+](=S)CCCCCCCCCCCC. The van der Waals surface area contributed by atoms with Crippen LogP contribution in [0.25, 0.3) is 0 Å². The molecule has 0 rings (SSSR count). The molecule has 0 aromatic carbocycles. The Hall–Kier alpha value is 0.520. The second-order valence-corrected chi connectivity index (χ2v) is 11.7. The zero-order chi connectivity index (χ0) is 19.1. The fourth-order valence-electron chi connectivity index (χ4n) is 3.66. The molecular formula is C24H50PS+. The highest BCUT2D eigenvalue weighted by atomic mass is 32.4. The number of unbranched alkanes of at least 4 members (excludes halogenated alkanes) is 18. The number of hydrogen-bond acceptors (Lipinski definition) is 1. The van der Waals surface area contributed by atoms with E-state index in [0.717, 1.165) is 0 Å². The van der Waals surface area contributed by atoms with E-state index in [9.17, 15) is 0 Å². The summed E-state index contributed by atoms with van der Waals surface area (Å²) in [6.07, 6.45) is 31.5. The lowest BCUT2D eigenvalue weighted by Gasteiger charge is -2.01. The summed E-state index contributed by atoms with van der Waals surface area (Å²) in [7, 11) is 0. The van der Waals surface area contributed by atoms with E-state index in [1.54, 1.807) is 0 Å². The van der Waals surface area contributed by atoms with Gasteiger partial charge in [0, 0.05) is 0 Å². The lowest BCUT2D eigenvalue weighted by molar-refractivity contribution is 0.561. The topological polar surface area (TPSA) is 0 Å². The van der Waals surface area contributed by atoms with Gasteiger partial charge >= 0.3 is 0 Å². The average molecular weight is 402 g/mol. The summed E-state index contributed by atoms with van der Waals surface area (Å²) in [6.45, 7) is 4.53. The fraction of sp³-hybridized carbons (Fsp3) is 1.00. The van der Waals surface area contributed by atoms with Crippen LogP contribution >= 0.6 is 6.70 Å². The van der Waals surface area contributed by atoms with E-state index >= 15 is 0 Å². The first kappa shape index (κ1) is 26.5. The van der Waals surface area contributed by atoms with Gasteiger partial charge in [0.25, 0.3) is 0 Å². The van der Waals surface area contributed by atoms with Crippen molar-refractivity contribution in [1.29, 1.82) is 0 Å². The number of rotatable bonds is 22. The highest BCUT2D eigenvalue weighted by Gasteiger charge is 2.08. The van der Waals surface area contributed by atoms with Gasteiger partial charge in [0.1, 0.15) is 12.3 Å². The fourth-order valence-corrected chi connectivity index (χ4v) is 5.81. The molecule has 0 amide bonds. The molecule has 0 aromatic heterocycles. The van der Waals surface area contributed by atoms with Crippen molar-refractivity contribution in [3.05, 3.63) is 0 Å². The van der Waals surface area contributed by atoms with Gasteiger partial charge in [-0.15, -0.1) is 0 Å². The van der Waals surface area contributed by atoms with E-state index in [1.165, 1.54) is 141 Å². The zero-order valence-corrected chi connectivity index (χ0v) is 20.1. The molecule has 0 spiro atoms. The molecule has 0 aliphatic carbocycles. The van der Waals surface area contributed by atoms with Crippen molar-refractivity contribution < 1.29 is 0 Å². The molecule has 0 aliphatic rings. The van der Waals surface area contributed by atoms with Crippen molar-refractivity contribution in [1.82, 2.24) is 0 Å². The molecule has 0 atom stereocenters. The maximum atomic E-state index is 5.72. The van der Waals surface area contributed by atoms with Crippen LogP contribution in [0.5, 0.6) is 0 Å². The Morgan fingerprint density at radius 3 is 0.885 bits per heavy atom. The maximum absolute atomic E-state index is 5.72. The Balaban J connectivity index is 3.13. The molecule has 2 heteroatoms. The average Bonchev–Trinajstić information content (AvgIpc) is 2.64. The Kier molecular flexibility index (Phi) is 24.0. The summed E-state index contributed by atoms with van der Waals surface area (Å²) in [6, 6.07) is 0. The summed E-state index contributed by atoms with van der Waals surface area (Å²) in [4.78, 5) is 0. The van der Waals surface area contributed by atoms with Crippen LogP contribution in [0.1, 0.15) is 142 Å². The van der Waals surface area contributed by atoms with Crippen molar-refractivity contribution in [2.45, 2.75) is 142 Å². The Morgan fingerprint density at radius 1 is 0.385 bits per heavy atom. The van der Waals surface area contributed by atoms with Crippen LogP contribution in [0.15, 0.2) is 0 Å². The third kappa shape index (κ3) is 22.6. The van der Waals surface area contributed by atoms with E-state index in [2.05, 4.69) is 13.8 Å². The normalized spacial score (nSPS) is 11.2. The third-order valence-electron chi connectivity index (χ3n) is 5.52. The number of hydrogen-bond donors (Lipinski definition) is 0. The molecule has 0 fully saturated rings. The summed E-state index contributed by atoms with van der Waals surface area (Å²) in [5.74, 6) is 0. The molecule has 0 aromatic rings. The van der Waals surface area contributed by atoms with Crippen LogP contribution in [-0.4, -0.2) is 12.3 Å². The van der Waals surface area contributed by atoms with Crippen molar-refractivity contribution >= 4 is 18.5 Å². The Morgan fingerprint density at radius 2 is 0.615 bits per heavy atom. The summed E-state index contributed by atoms with van der Waals surface area (Å²) >= 11 is 5.72. The minimum Gasteiger partial charge on any atom is -0.0654 e. The smallest absolute Gasteiger partial charge is 0.0654 e. The molecule has 26 heavy (non-hydrogen) atoms. The zero-order valence-electron chi connectivity index (χ0n) is 18.4. The highest BCUT2D eigenvalue weighted by Crippen LogP contribution is 2.26. The van der Waals surface area contributed by atoms with Gasteiger partial charge < -0.3 is 0 Å². The lowest BCUT2D eigenvalue weighted by Crippen LogP contribution is -1.87. The highest BCUT2D eigenvalue weighted by molar-refractivity contribution is 8.05. The van der Waals surface area contributed by atoms with Crippen LogP contribution < -0.4 is 0 Å². The molecule has 0 aliphatic heterocycles. The van der Waals surface area contributed by atoms with Crippen LogP contribution in [0.4, 0.5) is 0 Å². The molecule has 0 bridgehead atoms. The predicted molar refractivity (Wildman–Crippen MR) is 128 cm³/mol. The van der Waals surface area contributed by atoms with E-state index < -0.39 is 0 Å². The van der Waals surface area contributed by atoms with Crippen LogP contribution in [0.3, 0.4) is 0 Å². The van der Waals surface area contributed by atoms with Gasteiger partial charge in [0.2, 0.25) is 0 Å². The van der Waals surface area contributed by atoms with Gasteiger partial charge in [-0.25, -0.2) is 0 Å². The van der Waals surface area contributed by atoms with Gasteiger partial charge in [0.15, 0.2) is 18.5 Å². The molecule has 0 radical (unpaired) electrons. The van der Waals surface area contributed by atoms with Crippen LogP contribution in [0, 0.1) is 0 Å². The lowest BCUT2D eigenvalue weighted by atomic mass is 10.1. The molecule has 0 N–H and O–H groups in total. The van der Waals surface area contributed by atoms with E-state index in [4.69, 9.17) is 11.8 Å². The first-order chi connectivity index (χ1) is 12.8. The Bertz CT molecular complexity index is 251. The minimum atomic E-state index is -0.0663. The summed E-state index contributed by atoms with van der Waals surface area (Å²) in [5.41, 5.74) is 0. The third-order valence-corrected chi connectivity index (χ3v) is 8.25. The van der Waals surface area contributed by atoms with Crippen molar-refractivity contribution in [3.63, 3.8) is 0 Å². The Labute approximate surface area is 173 Å². The van der Waals surface area contributed by atoms with Crippen molar-refractivity contribution in [3.8, 4) is 0 Å². The largest absolute Gasteiger partial charge is 0.175 e. The van der Waals surface area contributed by atoms with Gasteiger partial charge in [-0.05, 0) is 25.7 Å². The summed E-state index contributed by atoms with van der Waals surface area (Å²) < 4.78 is 0. The second-order valence-electron chi connectivity index (χ2n) is 8.29. The van der Waals surface area contributed by atoms with E-state index in [1.807, 2.05) is 0 Å². The molecule has 0 nitrogen and oxygen atoms in total. The molecular weight excluding hydrogens is 351 g/mol. The van der Waals surface area contributed by atoms with Gasteiger partial charge in [0.05, 0.1) is 0 Å². The monoisotopic (exact) mass is 401 g/mol. The first-order valence-electron chi connectivity index (χ1n) is 12.2. The van der Waals surface area contributed by atoms with Crippen LogP contribution in [0.2, 0.25) is 0 Å². The van der Waals surface area contributed by atoms with Crippen molar-refractivity contribution in [2.75, 3.05) is 12.3 Å². The van der Waals surface area contributed by atoms with E-state index in [0.29, 0.717) is 0 Å². The van der Waals surface area contributed by atoms with Crippen LogP contribution in [-0.2, 0) is 11.8 Å². The molecule has 0 saturated carbocycles.